The molecule has 0 spiro atoms. The summed E-state index contributed by atoms with van der Waals surface area (Å²) in [6.45, 7) is 2.42. The first-order valence-corrected chi connectivity index (χ1v) is 9.72. The van der Waals surface area contributed by atoms with Gasteiger partial charge in [-0.1, -0.05) is 49.0 Å². The molecule has 2 aromatic carbocycles. The summed E-state index contributed by atoms with van der Waals surface area (Å²) in [5.74, 6) is 1.68. The number of ether oxygens (including phenoxy) is 1. The molecule has 0 aliphatic carbocycles. The van der Waals surface area contributed by atoms with E-state index in [1.807, 2.05) is 66.2 Å². The minimum absolute atomic E-state index is 0.0747. The lowest BCUT2D eigenvalue weighted by Crippen LogP contribution is -2.14. The fourth-order valence-corrected chi connectivity index (χ4v) is 3.14. The molecular weight excluding hydrogens is 360 g/mol. The van der Waals surface area contributed by atoms with Gasteiger partial charge >= 0.3 is 0 Å². The van der Waals surface area contributed by atoms with E-state index in [1.165, 1.54) is 17.3 Å². The van der Waals surface area contributed by atoms with Crippen LogP contribution in [-0.2, 0) is 24.9 Å². The molecule has 1 N–H and O–H groups in total. The highest BCUT2D eigenvalue weighted by Gasteiger charge is 2.12. The number of carbonyl (C=O) groups is 1. The fraction of sp³-hybridized carbons (Fsp3) is 0.250. The molecule has 3 aromatic rings. The van der Waals surface area contributed by atoms with Crippen LogP contribution in [0.2, 0.25) is 0 Å². The highest BCUT2D eigenvalue weighted by molar-refractivity contribution is 7.99. The Morgan fingerprint density at radius 1 is 1.11 bits per heavy atom. The second-order valence-electron chi connectivity index (χ2n) is 5.95. The van der Waals surface area contributed by atoms with Gasteiger partial charge in [0, 0.05) is 12.7 Å². The molecular formula is C20H22N4O2S. The molecule has 0 bridgehead atoms. The fourth-order valence-electron chi connectivity index (χ4n) is 2.41. The van der Waals surface area contributed by atoms with Crippen molar-refractivity contribution < 1.29 is 9.53 Å². The van der Waals surface area contributed by atoms with Gasteiger partial charge < -0.3 is 14.6 Å². The SMILES string of the molecule is CCc1ccc(NC(=O)CSc2nnc(COc3ccccc3)n2C)cc1. The van der Waals surface area contributed by atoms with Crippen molar-refractivity contribution in [1.82, 2.24) is 14.8 Å². The van der Waals surface area contributed by atoms with Gasteiger partial charge in [-0.2, -0.15) is 0 Å². The maximum Gasteiger partial charge on any atom is 0.234 e. The van der Waals surface area contributed by atoms with E-state index in [-0.39, 0.29) is 11.7 Å². The van der Waals surface area contributed by atoms with Crippen LogP contribution in [0, 0.1) is 0 Å². The minimum atomic E-state index is -0.0747. The van der Waals surface area contributed by atoms with Crippen LogP contribution in [0.25, 0.3) is 0 Å². The lowest BCUT2D eigenvalue weighted by atomic mass is 10.1. The Balaban J connectivity index is 1.50. The van der Waals surface area contributed by atoms with Crippen molar-refractivity contribution in [2.45, 2.75) is 25.1 Å². The summed E-state index contributed by atoms with van der Waals surface area (Å²) in [5.41, 5.74) is 2.04. The monoisotopic (exact) mass is 382 g/mol. The number of anilines is 1. The summed E-state index contributed by atoms with van der Waals surface area (Å²) in [6, 6.07) is 17.4. The number of nitrogens with one attached hydrogen (secondary N) is 1. The summed E-state index contributed by atoms with van der Waals surface area (Å²) < 4.78 is 7.54. The van der Waals surface area contributed by atoms with E-state index in [4.69, 9.17) is 4.74 Å². The molecule has 1 amide bonds. The number of hydrogen-bond donors (Lipinski definition) is 1. The maximum atomic E-state index is 12.2. The summed E-state index contributed by atoms with van der Waals surface area (Å²) in [5, 5.41) is 11.9. The van der Waals surface area contributed by atoms with Gasteiger partial charge in [-0.05, 0) is 36.2 Å². The Labute approximate surface area is 163 Å². The zero-order valence-corrected chi connectivity index (χ0v) is 16.2. The van der Waals surface area contributed by atoms with Crippen LogP contribution in [0.1, 0.15) is 18.3 Å². The second-order valence-corrected chi connectivity index (χ2v) is 6.89. The summed E-state index contributed by atoms with van der Waals surface area (Å²) >= 11 is 1.35. The molecule has 0 aliphatic rings. The third-order valence-corrected chi connectivity index (χ3v) is 5.03. The molecule has 0 radical (unpaired) electrons. The average molecular weight is 382 g/mol. The zero-order chi connectivity index (χ0) is 19.1. The first-order valence-electron chi connectivity index (χ1n) is 8.73. The number of amides is 1. The number of nitrogens with zero attached hydrogens (tertiary/aromatic N) is 3. The largest absolute Gasteiger partial charge is 0.486 e. The summed E-state index contributed by atoms with van der Waals surface area (Å²) in [7, 11) is 1.87. The Hall–Kier alpha value is -2.80. The van der Waals surface area contributed by atoms with Gasteiger partial charge in [-0.3, -0.25) is 4.79 Å². The van der Waals surface area contributed by atoms with Gasteiger partial charge in [0.05, 0.1) is 5.75 Å². The lowest BCUT2D eigenvalue weighted by molar-refractivity contribution is -0.113. The van der Waals surface area contributed by atoms with Crippen LogP contribution in [-0.4, -0.2) is 26.4 Å². The molecule has 27 heavy (non-hydrogen) atoms. The topological polar surface area (TPSA) is 69.0 Å². The molecule has 0 saturated heterocycles. The quantitative estimate of drug-likeness (QED) is 0.602. The number of rotatable bonds is 8. The predicted molar refractivity (Wildman–Crippen MR) is 107 cm³/mol. The molecule has 0 fully saturated rings. The van der Waals surface area contributed by atoms with Gasteiger partial charge in [-0.15, -0.1) is 10.2 Å². The van der Waals surface area contributed by atoms with Crippen LogP contribution in [0.3, 0.4) is 0 Å². The van der Waals surface area contributed by atoms with Crippen LogP contribution in [0.4, 0.5) is 5.69 Å². The van der Waals surface area contributed by atoms with Crippen LogP contribution < -0.4 is 10.1 Å². The van der Waals surface area contributed by atoms with E-state index < -0.39 is 0 Å². The summed E-state index contributed by atoms with van der Waals surface area (Å²) in [4.78, 5) is 12.2. The van der Waals surface area contributed by atoms with E-state index in [2.05, 4.69) is 22.4 Å². The van der Waals surface area contributed by atoms with Gasteiger partial charge in [0.15, 0.2) is 11.0 Å². The average Bonchev–Trinajstić information content (AvgIpc) is 3.06. The molecule has 0 saturated carbocycles. The molecule has 3 rings (SSSR count). The number of carbonyl (C=O) groups excluding carboxylic acids is 1. The van der Waals surface area contributed by atoms with Gasteiger partial charge in [0.25, 0.3) is 0 Å². The third kappa shape index (κ3) is 5.34. The lowest BCUT2D eigenvalue weighted by Gasteiger charge is -2.07. The molecule has 0 unspecified atom stereocenters. The van der Waals surface area contributed by atoms with Crippen LogP contribution in [0.15, 0.2) is 59.8 Å². The number of benzene rings is 2. The number of para-hydroxylation sites is 1. The Kier molecular flexibility index (Phi) is 6.49. The van der Waals surface area contributed by atoms with Crippen molar-refractivity contribution in [3.05, 3.63) is 66.0 Å². The van der Waals surface area contributed by atoms with Crippen LogP contribution >= 0.6 is 11.8 Å². The van der Waals surface area contributed by atoms with Crippen LogP contribution in [0.5, 0.6) is 5.75 Å². The van der Waals surface area contributed by atoms with E-state index >= 15 is 0 Å². The number of aryl methyl sites for hydroxylation is 1. The minimum Gasteiger partial charge on any atom is -0.486 e. The molecule has 1 heterocycles. The molecule has 0 aliphatic heterocycles. The Morgan fingerprint density at radius 3 is 2.56 bits per heavy atom. The molecule has 0 atom stereocenters. The van der Waals surface area contributed by atoms with E-state index in [0.29, 0.717) is 17.6 Å². The third-order valence-electron chi connectivity index (χ3n) is 4.01. The van der Waals surface area contributed by atoms with Crippen molar-refractivity contribution >= 4 is 23.4 Å². The molecule has 1 aromatic heterocycles. The standard InChI is InChI=1S/C20H22N4O2S/c1-3-15-9-11-16(12-10-15)21-19(25)14-27-20-23-22-18(24(20)2)13-26-17-7-5-4-6-8-17/h4-12H,3,13-14H2,1-2H3,(H,21,25). The van der Waals surface area contributed by atoms with Gasteiger partial charge in [-0.25, -0.2) is 0 Å². The normalized spacial score (nSPS) is 10.6. The Morgan fingerprint density at radius 2 is 1.85 bits per heavy atom. The highest BCUT2D eigenvalue weighted by atomic mass is 32.2. The number of aromatic nitrogens is 3. The van der Waals surface area contributed by atoms with Gasteiger partial charge in [0.1, 0.15) is 12.4 Å². The first kappa shape index (κ1) is 19.0. The van der Waals surface area contributed by atoms with Crippen molar-refractivity contribution in [3.63, 3.8) is 0 Å². The molecule has 6 nitrogen and oxygen atoms in total. The zero-order valence-electron chi connectivity index (χ0n) is 15.4. The smallest absolute Gasteiger partial charge is 0.234 e. The van der Waals surface area contributed by atoms with Crippen molar-refractivity contribution in [2.24, 2.45) is 7.05 Å². The van der Waals surface area contributed by atoms with Crippen molar-refractivity contribution in [3.8, 4) is 5.75 Å². The van der Waals surface area contributed by atoms with E-state index in [0.717, 1.165) is 17.9 Å². The first-order chi connectivity index (χ1) is 13.2. The number of thioether (sulfide) groups is 1. The number of hydrogen-bond acceptors (Lipinski definition) is 5. The summed E-state index contributed by atoms with van der Waals surface area (Å²) in [6.07, 6.45) is 0.979. The highest BCUT2D eigenvalue weighted by Crippen LogP contribution is 2.18. The van der Waals surface area contributed by atoms with Crippen molar-refractivity contribution in [1.29, 1.82) is 0 Å². The second kappa shape index (κ2) is 9.23. The predicted octanol–water partition coefficient (Wildman–Crippen LogP) is 3.69. The van der Waals surface area contributed by atoms with Gasteiger partial charge in [0.2, 0.25) is 5.91 Å². The Bertz CT molecular complexity index is 879. The van der Waals surface area contributed by atoms with E-state index in [1.54, 1.807) is 0 Å². The maximum absolute atomic E-state index is 12.2. The van der Waals surface area contributed by atoms with E-state index in [9.17, 15) is 4.79 Å². The molecule has 7 heteroatoms. The van der Waals surface area contributed by atoms with Crippen molar-refractivity contribution in [2.75, 3.05) is 11.1 Å². The molecule has 140 valence electrons.